The predicted molar refractivity (Wildman–Crippen MR) is 103 cm³/mol. The van der Waals surface area contributed by atoms with Gasteiger partial charge in [0.15, 0.2) is 6.61 Å². The van der Waals surface area contributed by atoms with E-state index in [0.29, 0.717) is 16.6 Å². The van der Waals surface area contributed by atoms with Gasteiger partial charge in [-0.1, -0.05) is 12.1 Å². The number of nitrogens with one attached hydrogen (secondary N) is 1. The first kappa shape index (κ1) is 19.7. The molecule has 1 aromatic heterocycles. The number of esters is 1. The molecule has 3 rings (SSSR count). The van der Waals surface area contributed by atoms with Crippen LogP contribution in [0.4, 0.5) is 11.4 Å². The molecule has 0 aliphatic carbocycles. The average molecular weight is 396 g/mol. The zero-order valence-electron chi connectivity index (χ0n) is 15.3. The van der Waals surface area contributed by atoms with E-state index in [-0.39, 0.29) is 17.8 Å². The van der Waals surface area contributed by atoms with E-state index < -0.39 is 23.4 Å². The van der Waals surface area contributed by atoms with Crippen molar-refractivity contribution in [3.05, 3.63) is 74.8 Å². The molecule has 148 valence electrons. The summed E-state index contributed by atoms with van der Waals surface area (Å²) in [5.74, 6) is -1.40. The Morgan fingerprint density at radius 3 is 2.62 bits per heavy atom. The SMILES string of the molecule is Cc1cccc2c(=O)n(CC(=O)OCC(=O)Nc3ccc([N+](=O)[O-])cc3)cnc12. The molecule has 0 saturated carbocycles. The molecular formula is C19H16N4O6. The van der Waals surface area contributed by atoms with Crippen molar-refractivity contribution in [2.75, 3.05) is 11.9 Å². The summed E-state index contributed by atoms with van der Waals surface area (Å²) in [5.41, 5.74) is 1.23. The first-order chi connectivity index (χ1) is 13.8. The van der Waals surface area contributed by atoms with Gasteiger partial charge in [-0.2, -0.15) is 0 Å². The second kappa shape index (κ2) is 8.30. The number of anilines is 1. The number of nitrogens with zero attached hydrogens (tertiary/aromatic N) is 3. The Labute approximate surface area is 163 Å². The van der Waals surface area contributed by atoms with E-state index in [2.05, 4.69) is 10.3 Å². The van der Waals surface area contributed by atoms with Crippen LogP contribution in [0, 0.1) is 17.0 Å². The highest BCUT2D eigenvalue weighted by Crippen LogP contribution is 2.15. The predicted octanol–water partition coefficient (Wildman–Crippen LogP) is 1.80. The monoisotopic (exact) mass is 396 g/mol. The van der Waals surface area contributed by atoms with E-state index in [1.807, 2.05) is 13.0 Å². The number of benzene rings is 2. The van der Waals surface area contributed by atoms with Crippen molar-refractivity contribution in [3.63, 3.8) is 0 Å². The smallest absolute Gasteiger partial charge is 0.326 e. The van der Waals surface area contributed by atoms with Crippen LogP contribution in [0.25, 0.3) is 10.9 Å². The van der Waals surface area contributed by atoms with Gasteiger partial charge in [-0.05, 0) is 30.7 Å². The fourth-order valence-corrected chi connectivity index (χ4v) is 2.64. The molecule has 0 bridgehead atoms. The molecule has 0 aliphatic heterocycles. The molecule has 0 unspecified atom stereocenters. The third-order valence-electron chi connectivity index (χ3n) is 4.08. The van der Waals surface area contributed by atoms with Gasteiger partial charge in [-0.3, -0.25) is 29.1 Å². The Morgan fingerprint density at radius 1 is 1.21 bits per heavy atom. The Bertz CT molecular complexity index is 1150. The van der Waals surface area contributed by atoms with Crippen LogP contribution in [-0.4, -0.2) is 33.0 Å². The van der Waals surface area contributed by atoms with Gasteiger partial charge in [0.05, 0.1) is 22.2 Å². The van der Waals surface area contributed by atoms with Crippen molar-refractivity contribution in [1.82, 2.24) is 9.55 Å². The lowest BCUT2D eigenvalue weighted by molar-refractivity contribution is -0.384. The van der Waals surface area contributed by atoms with Crippen LogP contribution in [0.2, 0.25) is 0 Å². The first-order valence-electron chi connectivity index (χ1n) is 8.50. The lowest BCUT2D eigenvalue weighted by Gasteiger charge is -2.09. The van der Waals surface area contributed by atoms with Crippen LogP contribution in [0.1, 0.15) is 5.56 Å². The quantitative estimate of drug-likeness (QED) is 0.381. The molecular weight excluding hydrogens is 380 g/mol. The topological polar surface area (TPSA) is 133 Å². The van der Waals surface area contributed by atoms with Crippen molar-refractivity contribution in [2.45, 2.75) is 13.5 Å². The molecule has 0 aliphatic rings. The standard InChI is InChI=1S/C19H16N4O6/c1-12-3-2-4-15-18(12)20-11-22(19(15)26)9-17(25)29-10-16(24)21-13-5-7-14(8-6-13)23(27)28/h2-8,11H,9-10H2,1H3,(H,21,24). The molecule has 0 fully saturated rings. The minimum atomic E-state index is -0.778. The van der Waals surface area contributed by atoms with Crippen molar-refractivity contribution in [3.8, 4) is 0 Å². The van der Waals surface area contributed by atoms with Gasteiger partial charge in [-0.15, -0.1) is 0 Å². The van der Waals surface area contributed by atoms with Crippen molar-refractivity contribution < 1.29 is 19.2 Å². The molecule has 3 aromatic rings. The Hall–Kier alpha value is -4.08. The first-order valence-corrected chi connectivity index (χ1v) is 8.50. The molecule has 0 radical (unpaired) electrons. The summed E-state index contributed by atoms with van der Waals surface area (Å²) in [4.78, 5) is 50.5. The lowest BCUT2D eigenvalue weighted by atomic mass is 10.1. The minimum Gasteiger partial charge on any atom is -0.454 e. The number of hydrogen-bond acceptors (Lipinski definition) is 7. The minimum absolute atomic E-state index is 0.112. The lowest BCUT2D eigenvalue weighted by Crippen LogP contribution is -2.28. The van der Waals surface area contributed by atoms with Crippen LogP contribution in [-0.2, 0) is 20.9 Å². The van der Waals surface area contributed by atoms with E-state index in [4.69, 9.17) is 4.74 Å². The van der Waals surface area contributed by atoms with E-state index >= 15 is 0 Å². The van der Waals surface area contributed by atoms with Gasteiger partial charge in [0.25, 0.3) is 17.2 Å². The number of para-hydroxylation sites is 1. The molecule has 0 spiro atoms. The normalized spacial score (nSPS) is 10.5. The summed E-state index contributed by atoms with van der Waals surface area (Å²) in [6.07, 6.45) is 1.26. The van der Waals surface area contributed by atoms with Gasteiger partial charge < -0.3 is 10.1 Å². The molecule has 1 amide bonds. The van der Waals surface area contributed by atoms with Crippen LogP contribution < -0.4 is 10.9 Å². The van der Waals surface area contributed by atoms with E-state index in [1.165, 1.54) is 30.6 Å². The summed E-state index contributed by atoms with van der Waals surface area (Å²) in [6, 6.07) is 10.4. The van der Waals surface area contributed by atoms with Crippen molar-refractivity contribution >= 4 is 34.2 Å². The van der Waals surface area contributed by atoms with Gasteiger partial charge in [0, 0.05) is 17.8 Å². The Kier molecular flexibility index (Phi) is 5.63. The number of aryl methyl sites for hydroxylation is 1. The van der Waals surface area contributed by atoms with Crippen molar-refractivity contribution in [1.29, 1.82) is 0 Å². The maximum Gasteiger partial charge on any atom is 0.326 e. The number of aromatic nitrogens is 2. The van der Waals surface area contributed by atoms with Crippen LogP contribution >= 0.6 is 0 Å². The molecule has 10 nitrogen and oxygen atoms in total. The van der Waals surface area contributed by atoms with Crippen LogP contribution in [0.3, 0.4) is 0 Å². The maximum atomic E-state index is 12.5. The fraction of sp³-hybridized carbons (Fsp3) is 0.158. The molecule has 1 N–H and O–H groups in total. The maximum absolute atomic E-state index is 12.5. The molecule has 0 atom stereocenters. The summed E-state index contributed by atoms with van der Waals surface area (Å²) in [7, 11) is 0. The number of fused-ring (bicyclic) bond motifs is 1. The summed E-state index contributed by atoms with van der Waals surface area (Å²) < 4.78 is 6.00. The number of non-ortho nitro benzene ring substituents is 1. The van der Waals surface area contributed by atoms with Crippen LogP contribution in [0.5, 0.6) is 0 Å². The highest BCUT2D eigenvalue weighted by Gasteiger charge is 2.12. The van der Waals surface area contributed by atoms with Gasteiger partial charge >= 0.3 is 5.97 Å². The Morgan fingerprint density at radius 2 is 1.93 bits per heavy atom. The summed E-state index contributed by atoms with van der Waals surface area (Å²) in [5, 5.41) is 13.4. The highest BCUT2D eigenvalue weighted by molar-refractivity contribution is 5.92. The number of carbonyl (C=O) groups is 2. The number of nitro groups is 1. The molecule has 0 saturated heterocycles. The van der Waals surface area contributed by atoms with Gasteiger partial charge in [0.1, 0.15) is 6.54 Å². The average Bonchev–Trinajstić information content (AvgIpc) is 2.69. The third-order valence-corrected chi connectivity index (χ3v) is 4.08. The van der Waals surface area contributed by atoms with E-state index in [0.717, 1.165) is 10.1 Å². The number of ether oxygens (including phenoxy) is 1. The summed E-state index contributed by atoms with van der Waals surface area (Å²) >= 11 is 0. The zero-order valence-corrected chi connectivity index (χ0v) is 15.3. The Balaban J connectivity index is 1.58. The molecule has 1 heterocycles. The van der Waals surface area contributed by atoms with Gasteiger partial charge in [0.2, 0.25) is 0 Å². The molecule has 10 heteroatoms. The summed E-state index contributed by atoms with van der Waals surface area (Å²) in [6.45, 7) is 0.877. The second-order valence-corrected chi connectivity index (χ2v) is 6.16. The van der Waals surface area contributed by atoms with Crippen molar-refractivity contribution in [2.24, 2.45) is 0 Å². The number of amides is 1. The number of hydrogen-bond donors (Lipinski definition) is 1. The number of carbonyl (C=O) groups excluding carboxylic acids is 2. The largest absolute Gasteiger partial charge is 0.454 e. The zero-order chi connectivity index (χ0) is 21.0. The molecule has 29 heavy (non-hydrogen) atoms. The number of nitro benzene ring substituents is 1. The van der Waals surface area contributed by atoms with Gasteiger partial charge in [-0.25, -0.2) is 4.98 Å². The third kappa shape index (κ3) is 4.61. The van der Waals surface area contributed by atoms with E-state index in [9.17, 15) is 24.5 Å². The number of rotatable bonds is 6. The second-order valence-electron chi connectivity index (χ2n) is 6.16. The highest BCUT2D eigenvalue weighted by atomic mass is 16.6. The van der Waals surface area contributed by atoms with E-state index in [1.54, 1.807) is 12.1 Å². The van der Waals surface area contributed by atoms with Crippen LogP contribution in [0.15, 0.2) is 53.6 Å². The molecule has 2 aromatic carbocycles. The fourth-order valence-electron chi connectivity index (χ4n) is 2.64.